The number of rotatable bonds is 12. The minimum atomic E-state index is -2.19. The third-order valence-corrected chi connectivity index (χ3v) is 17.4. The molecule has 0 N–H and O–H groups in total. The Morgan fingerprint density at radius 2 is 1.38 bits per heavy atom. The summed E-state index contributed by atoms with van der Waals surface area (Å²) in [5.41, 5.74) is 0. The molecule has 1 atom stereocenters. The van der Waals surface area contributed by atoms with E-state index in [1.54, 1.807) is 0 Å². The van der Waals surface area contributed by atoms with Crippen molar-refractivity contribution in [3.05, 3.63) is 0 Å². The molecule has 24 heavy (non-hydrogen) atoms. The fourth-order valence-electron chi connectivity index (χ4n) is 3.07. The highest BCUT2D eigenvalue weighted by Gasteiger charge is 2.42. The molecule has 0 aromatic carbocycles. The van der Waals surface area contributed by atoms with Crippen LogP contribution in [0.25, 0.3) is 0 Å². The van der Waals surface area contributed by atoms with E-state index < -0.39 is 33.8 Å². The van der Waals surface area contributed by atoms with Gasteiger partial charge in [-0.15, -0.1) is 0 Å². The molecule has 1 fully saturated rings. The summed E-state index contributed by atoms with van der Waals surface area (Å²) in [7, 11) is -7.68. The summed E-state index contributed by atoms with van der Waals surface area (Å²) in [4.78, 5) is 0. The average Bonchev–Trinajstić information content (AvgIpc) is 3.04. The lowest BCUT2D eigenvalue weighted by Gasteiger charge is -2.40. The van der Waals surface area contributed by atoms with E-state index in [9.17, 15) is 0 Å². The lowest BCUT2D eigenvalue weighted by molar-refractivity contribution is 0.116. The molecule has 0 saturated carbocycles. The first-order valence-corrected chi connectivity index (χ1v) is 21.2. The minimum Gasteiger partial charge on any atom is -0.437 e. The van der Waals surface area contributed by atoms with Crippen molar-refractivity contribution in [1.82, 2.24) is 0 Å². The van der Waals surface area contributed by atoms with E-state index in [-0.39, 0.29) is 0 Å². The molecular weight excluding hydrogens is 373 g/mol. The molecule has 1 aliphatic heterocycles. The van der Waals surface area contributed by atoms with Crippen LogP contribution >= 0.6 is 0 Å². The van der Waals surface area contributed by atoms with Crippen molar-refractivity contribution in [3.63, 3.8) is 0 Å². The van der Waals surface area contributed by atoms with Crippen LogP contribution in [0.5, 0.6) is 0 Å². The topological polar surface area (TPSA) is 49.5 Å². The predicted molar refractivity (Wildman–Crippen MR) is 109 cm³/mol. The zero-order chi connectivity index (χ0) is 18.6. The summed E-state index contributed by atoms with van der Waals surface area (Å²) in [5, 5.41) is 0. The first-order chi connectivity index (χ1) is 10.7. The summed E-state index contributed by atoms with van der Waals surface area (Å²) < 4.78 is 30.1. The third kappa shape index (κ3) is 11.3. The molecule has 1 aliphatic rings. The van der Waals surface area contributed by atoms with Crippen LogP contribution < -0.4 is 0 Å². The SMILES string of the molecule is C[Si](C)(C)O[Si](C)(C)O[Si](C)(C)O[Si](C)(C)CCCOCC1CO1. The second kappa shape index (κ2) is 8.57. The number of ether oxygens (including phenoxy) is 2. The predicted octanol–water partition coefficient (Wildman–Crippen LogP) is 4.29. The largest absolute Gasteiger partial charge is 0.437 e. The Morgan fingerprint density at radius 1 is 0.833 bits per heavy atom. The van der Waals surface area contributed by atoms with Gasteiger partial charge < -0.3 is 21.8 Å². The zero-order valence-electron chi connectivity index (χ0n) is 17.2. The molecule has 5 nitrogen and oxygen atoms in total. The van der Waals surface area contributed by atoms with Crippen LogP contribution in [-0.4, -0.2) is 59.7 Å². The number of epoxide rings is 1. The van der Waals surface area contributed by atoms with Gasteiger partial charge in [0.1, 0.15) is 6.10 Å². The first-order valence-electron chi connectivity index (χ1n) is 9.00. The molecule has 9 heteroatoms. The van der Waals surface area contributed by atoms with Gasteiger partial charge in [-0.2, -0.15) is 0 Å². The smallest absolute Gasteiger partial charge is 0.312 e. The monoisotopic (exact) mass is 410 g/mol. The van der Waals surface area contributed by atoms with Crippen LogP contribution in [0.1, 0.15) is 6.42 Å². The summed E-state index contributed by atoms with van der Waals surface area (Å²) >= 11 is 0. The number of hydrogen-bond donors (Lipinski definition) is 0. The van der Waals surface area contributed by atoms with Crippen LogP contribution in [0.2, 0.25) is 65.0 Å². The van der Waals surface area contributed by atoms with E-state index in [4.69, 9.17) is 21.8 Å². The number of hydrogen-bond acceptors (Lipinski definition) is 5. The van der Waals surface area contributed by atoms with Gasteiger partial charge in [0, 0.05) is 6.61 Å². The molecule has 1 rings (SSSR count). The molecule has 1 heterocycles. The fraction of sp³-hybridized carbons (Fsp3) is 1.00. The highest BCUT2D eigenvalue weighted by Crippen LogP contribution is 2.26. The van der Waals surface area contributed by atoms with E-state index in [2.05, 4.69) is 58.9 Å². The van der Waals surface area contributed by atoms with Crippen molar-refractivity contribution in [2.75, 3.05) is 19.8 Å². The summed E-state index contributed by atoms with van der Waals surface area (Å²) in [6, 6.07) is 1.09. The van der Waals surface area contributed by atoms with E-state index >= 15 is 0 Å². The fourth-order valence-corrected chi connectivity index (χ4v) is 21.5. The maximum atomic E-state index is 6.56. The zero-order valence-corrected chi connectivity index (χ0v) is 21.2. The van der Waals surface area contributed by atoms with E-state index in [1.165, 1.54) is 0 Å². The second-order valence-electron chi connectivity index (χ2n) is 9.11. The molecular formula is C15H38O5Si4. The molecule has 1 unspecified atom stereocenters. The molecule has 0 spiro atoms. The Labute approximate surface area is 153 Å². The molecule has 0 radical (unpaired) electrons. The Bertz CT molecular complexity index is 392. The van der Waals surface area contributed by atoms with E-state index in [1.807, 2.05) is 0 Å². The Hall–Kier alpha value is 0.668. The van der Waals surface area contributed by atoms with Gasteiger partial charge >= 0.3 is 17.1 Å². The highest BCUT2D eigenvalue weighted by atomic mass is 28.5. The van der Waals surface area contributed by atoms with Crippen LogP contribution in [-0.2, 0) is 21.8 Å². The van der Waals surface area contributed by atoms with Gasteiger partial charge in [0.2, 0.25) is 0 Å². The van der Waals surface area contributed by atoms with E-state index in [0.717, 1.165) is 32.3 Å². The maximum absolute atomic E-state index is 6.56. The lowest BCUT2D eigenvalue weighted by atomic mass is 10.5. The van der Waals surface area contributed by atoms with Gasteiger partial charge in [-0.05, 0) is 71.4 Å². The van der Waals surface area contributed by atoms with Crippen LogP contribution in [0, 0.1) is 0 Å². The van der Waals surface area contributed by atoms with E-state index in [0.29, 0.717) is 6.10 Å². The van der Waals surface area contributed by atoms with Crippen molar-refractivity contribution >= 4 is 33.8 Å². The second-order valence-corrected chi connectivity index (χ2v) is 25.4. The van der Waals surface area contributed by atoms with Gasteiger partial charge in [0.05, 0.1) is 13.2 Å². The van der Waals surface area contributed by atoms with Crippen LogP contribution in [0.4, 0.5) is 0 Å². The average molecular weight is 411 g/mol. The molecule has 1 saturated heterocycles. The van der Waals surface area contributed by atoms with Gasteiger partial charge in [0.15, 0.2) is 16.6 Å². The highest BCUT2D eigenvalue weighted by molar-refractivity contribution is 6.89. The summed E-state index contributed by atoms with van der Waals surface area (Å²) in [5.74, 6) is 0. The molecule has 0 amide bonds. The molecule has 0 aromatic rings. The van der Waals surface area contributed by atoms with Crippen molar-refractivity contribution in [1.29, 1.82) is 0 Å². The van der Waals surface area contributed by atoms with Crippen molar-refractivity contribution < 1.29 is 21.8 Å². The lowest BCUT2D eigenvalue weighted by Crippen LogP contribution is -2.55. The van der Waals surface area contributed by atoms with Crippen molar-refractivity contribution in [2.24, 2.45) is 0 Å². The molecule has 144 valence electrons. The van der Waals surface area contributed by atoms with Gasteiger partial charge in [0.25, 0.3) is 0 Å². The van der Waals surface area contributed by atoms with Crippen molar-refractivity contribution in [2.45, 2.75) is 77.5 Å². The third-order valence-electron chi connectivity index (χ3n) is 3.34. The van der Waals surface area contributed by atoms with Crippen molar-refractivity contribution in [3.8, 4) is 0 Å². The quantitative estimate of drug-likeness (QED) is 0.273. The van der Waals surface area contributed by atoms with Crippen LogP contribution in [0.15, 0.2) is 0 Å². The normalized spacial score (nSPS) is 19.6. The standard InChI is InChI=1S/C15H38O5Si4/c1-21(2,3)18-23(6,7)20-24(8,9)19-22(4,5)12-10-11-16-13-15-14-17-15/h15H,10-14H2,1-9H3. The van der Waals surface area contributed by atoms with Gasteiger partial charge in [-0.3, -0.25) is 0 Å². The van der Waals surface area contributed by atoms with Gasteiger partial charge in [-0.1, -0.05) is 0 Å². The molecule has 0 aliphatic carbocycles. The Kier molecular flexibility index (Phi) is 8.11. The summed E-state index contributed by atoms with van der Waals surface area (Å²) in [6.45, 7) is 22.2. The van der Waals surface area contributed by atoms with Gasteiger partial charge in [-0.25, -0.2) is 0 Å². The Morgan fingerprint density at radius 3 is 1.88 bits per heavy atom. The summed E-state index contributed by atoms with van der Waals surface area (Å²) in [6.07, 6.45) is 1.40. The molecule has 0 bridgehead atoms. The minimum absolute atomic E-state index is 0.352. The Balaban J connectivity index is 2.38. The maximum Gasteiger partial charge on any atom is 0.312 e. The molecule has 0 aromatic heterocycles. The first kappa shape index (κ1) is 22.7. The van der Waals surface area contributed by atoms with Crippen LogP contribution in [0.3, 0.4) is 0 Å².